The van der Waals surface area contributed by atoms with Crippen LogP contribution in [0, 0.1) is 18.8 Å². The first-order chi connectivity index (χ1) is 14.9. The van der Waals surface area contributed by atoms with Gasteiger partial charge < -0.3 is 20.7 Å². The molecule has 1 aliphatic carbocycles. The number of rotatable bonds is 3. The average Bonchev–Trinajstić information content (AvgIpc) is 3.17. The van der Waals surface area contributed by atoms with Gasteiger partial charge in [-0.25, -0.2) is 14.8 Å². The molecule has 0 bridgehead atoms. The van der Waals surface area contributed by atoms with Crippen LogP contribution < -0.4 is 16.0 Å². The summed E-state index contributed by atoms with van der Waals surface area (Å²) in [4.78, 5) is 23.8. The van der Waals surface area contributed by atoms with Crippen molar-refractivity contribution in [1.29, 1.82) is 0 Å². The molecule has 2 heterocycles. The number of ether oxygens (including phenoxy) is 1. The molecule has 2 aliphatic rings. The number of hydrogen-bond donors (Lipinski definition) is 2. The minimum Gasteiger partial charge on any atom is -0.444 e. The monoisotopic (exact) mass is 457 g/mol. The highest BCUT2D eigenvalue weighted by atomic mass is 35.5. The van der Waals surface area contributed by atoms with Crippen molar-refractivity contribution >= 4 is 29.3 Å². The molecule has 32 heavy (non-hydrogen) atoms. The number of aryl methyl sites for hydroxylation is 1. The molecule has 2 fully saturated rings. The summed E-state index contributed by atoms with van der Waals surface area (Å²) in [5, 5.41) is 3.75. The number of hydrogen-bond acceptors (Lipinski definition) is 6. The number of nitrogens with two attached hydrogens (primary N) is 1. The summed E-state index contributed by atoms with van der Waals surface area (Å²) < 4.78 is 5.45. The zero-order chi connectivity index (χ0) is 23.3. The standard InChI is InChI=1S/C24H32ClN5O2/c1-14-7-6-8-17(19(14)25)20-21(26)28-18(11-27-20)30-12-15-9-24(5,10-16(15)13-30)29-22(31)32-23(2,3)4/h6-8,11,15-16H,9-10,12-13H2,1-5H3,(H2,26,28)(H,29,31)/t15-,16+,24?. The van der Waals surface area contributed by atoms with E-state index in [9.17, 15) is 4.79 Å². The number of nitrogen functional groups attached to an aromatic ring is 1. The second-order valence-corrected chi connectivity index (χ2v) is 10.8. The number of benzene rings is 1. The van der Waals surface area contributed by atoms with Crippen LogP contribution in [0.4, 0.5) is 16.4 Å². The van der Waals surface area contributed by atoms with Crippen LogP contribution in [0.1, 0.15) is 46.1 Å². The highest BCUT2D eigenvalue weighted by Crippen LogP contribution is 2.45. The summed E-state index contributed by atoms with van der Waals surface area (Å²) in [6, 6.07) is 5.81. The van der Waals surface area contributed by atoms with Gasteiger partial charge in [0.15, 0.2) is 5.82 Å². The van der Waals surface area contributed by atoms with Crippen LogP contribution in [0.3, 0.4) is 0 Å². The van der Waals surface area contributed by atoms with E-state index in [0.717, 1.165) is 42.9 Å². The van der Waals surface area contributed by atoms with E-state index >= 15 is 0 Å². The molecular weight excluding hydrogens is 426 g/mol. The van der Waals surface area contributed by atoms with Crippen molar-refractivity contribution in [3.05, 3.63) is 35.0 Å². The largest absolute Gasteiger partial charge is 0.444 e. The van der Waals surface area contributed by atoms with Crippen molar-refractivity contribution in [3.63, 3.8) is 0 Å². The number of amides is 1. The van der Waals surface area contributed by atoms with Crippen molar-refractivity contribution in [2.24, 2.45) is 11.8 Å². The molecule has 1 amide bonds. The molecule has 1 aromatic carbocycles. The van der Waals surface area contributed by atoms with E-state index in [4.69, 9.17) is 22.1 Å². The molecule has 0 radical (unpaired) electrons. The molecule has 172 valence electrons. The first-order valence-corrected chi connectivity index (χ1v) is 11.5. The van der Waals surface area contributed by atoms with E-state index in [1.165, 1.54) is 0 Å². The number of alkyl carbamates (subject to hydrolysis) is 1. The van der Waals surface area contributed by atoms with Crippen LogP contribution in [0.15, 0.2) is 24.4 Å². The van der Waals surface area contributed by atoms with Crippen LogP contribution in [0.25, 0.3) is 11.3 Å². The zero-order valence-electron chi connectivity index (χ0n) is 19.4. The number of anilines is 2. The fourth-order valence-electron chi connectivity index (χ4n) is 5.06. The van der Waals surface area contributed by atoms with Crippen LogP contribution in [-0.2, 0) is 4.74 Å². The van der Waals surface area contributed by atoms with Crippen molar-refractivity contribution < 1.29 is 9.53 Å². The summed E-state index contributed by atoms with van der Waals surface area (Å²) in [7, 11) is 0. The highest BCUT2D eigenvalue weighted by Gasteiger charge is 2.48. The number of fused-ring (bicyclic) bond motifs is 1. The molecule has 3 atom stereocenters. The molecule has 1 unspecified atom stereocenters. The first-order valence-electron chi connectivity index (χ1n) is 11.1. The van der Waals surface area contributed by atoms with E-state index in [2.05, 4.69) is 27.1 Å². The Morgan fingerprint density at radius 3 is 2.53 bits per heavy atom. The predicted octanol–water partition coefficient (Wildman–Crippen LogP) is 4.82. The Balaban J connectivity index is 1.43. The lowest BCUT2D eigenvalue weighted by Gasteiger charge is -2.30. The van der Waals surface area contributed by atoms with Crippen molar-refractivity contribution in [3.8, 4) is 11.3 Å². The van der Waals surface area contributed by atoms with Gasteiger partial charge in [0.1, 0.15) is 17.1 Å². The van der Waals surface area contributed by atoms with E-state index in [-0.39, 0.29) is 11.6 Å². The maximum atomic E-state index is 12.3. The van der Waals surface area contributed by atoms with Crippen molar-refractivity contribution in [1.82, 2.24) is 15.3 Å². The molecule has 2 aromatic rings. The van der Waals surface area contributed by atoms with Crippen LogP contribution >= 0.6 is 11.6 Å². The molecular formula is C24H32ClN5O2. The number of nitrogens with one attached hydrogen (secondary N) is 1. The average molecular weight is 458 g/mol. The maximum absolute atomic E-state index is 12.3. The third-order valence-electron chi connectivity index (χ3n) is 6.36. The summed E-state index contributed by atoms with van der Waals surface area (Å²) in [6.45, 7) is 11.4. The molecule has 0 spiro atoms. The second kappa shape index (κ2) is 8.10. The van der Waals surface area contributed by atoms with E-state index < -0.39 is 5.60 Å². The fourth-order valence-corrected chi connectivity index (χ4v) is 5.28. The Bertz CT molecular complexity index is 1020. The Kier molecular flexibility index (Phi) is 5.74. The zero-order valence-corrected chi connectivity index (χ0v) is 20.2. The van der Waals surface area contributed by atoms with Gasteiger partial charge in [0.2, 0.25) is 0 Å². The topological polar surface area (TPSA) is 93.4 Å². The number of nitrogens with zero attached hydrogens (tertiary/aromatic N) is 3. The Hall–Kier alpha value is -2.54. The summed E-state index contributed by atoms with van der Waals surface area (Å²) in [5.41, 5.74) is 7.91. The smallest absolute Gasteiger partial charge is 0.408 e. The number of aromatic nitrogens is 2. The summed E-state index contributed by atoms with van der Waals surface area (Å²) in [6.07, 6.45) is 3.25. The normalized spacial score (nSPS) is 25.0. The SMILES string of the molecule is Cc1cccc(-c2ncc(N3C[C@@H]4CC(C)(NC(=O)OC(C)(C)C)C[C@@H]4C3)nc2N)c1Cl. The Morgan fingerprint density at radius 1 is 1.28 bits per heavy atom. The fraction of sp³-hybridized carbons (Fsp3) is 0.542. The molecule has 3 N–H and O–H groups in total. The van der Waals surface area contributed by atoms with Crippen molar-refractivity contribution in [2.75, 3.05) is 23.7 Å². The predicted molar refractivity (Wildman–Crippen MR) is 128 cm³/mol. The molecule has 1 saturated carbocycles. The number of carbonyl (C=O) groups is 1. The van der Waals surface area contributed by atoms with Gasteiger partial charge in [-0.2, -0.15) is 0 Å². The third kappa shape index (κ3) is 4.63. The van der Waals surface area contributed by atoms with Gasteiger partial charge in [0, 0.05) is 24.2 Å². The van der Waals surface area contributed by atoms with Gasteiger partial charge in [-0.3, -0.25) is 0 Å². The van der Waals surface area contributed by atoms with E-state index in [0.29, 0.717) is 28.4 Å². The Labute approximate surface area is 194 Å². The van der Waals surface area contributed by atoms with Gasteiger partial charge in [0.25, 0.3) is 0 Å². The van der Waals surface area contributed by atoms with Crippen LogP contribution in [-0.4, -0.2) is 40.3 Å². The second-order valence-electron chi connectivity index (χ2n) is 10.4. The van der Waals surface area contributed by atoms with Crippen LogP contribution in [0.5, 0.6) is 0 Å². The van der Waals surface area contributed by atoms with Gasteiger partial charge >= 0.3 is 6.09 Å². The van der Waals surface area contributed by atoms with Gasteiger partial charge in [-0.1, -0.05) is 29.8 Å². The molecule has 1 aromatic heterocycles. The number of halogens is 1. The Morgan fingerprint density at radius 2 is 1.94 bits per heavy atom. The molecule has 8 heteroatoms. The van der Waals surface area contributed by atoms with Crippen molar-refractivity contribution in [2.45, 2.75) is 58.6 Å². The molecule has 1 saturated heterocycles. The minimum atomic E-state index is -0.501. The molecule has 1 aliphatic heterocycles. The lowest BCUT2D eigenvalue weighted by atomic mass is 9.98. The minimum absolute atomic E-state index is 0.250. The maximum Gasteiger partial charge on any atom is 0.408 e. The van der Waals surface area contributed by atoms with E-state index in [1.807, 2.05) is 45.9 Å². The lowest BCUT2D eigenvalue weighted by Crippen LogP contribution is -2.47. The summed E-state index contributed by atoms with van der Waals surface area (Å²) >= 11 is 6.46. The summed E-state index contributed by atoms with van der Waals surface area (Å²) in [5.74, 6) is 2.11. The van der Waals surface area contributed by atoms with Gasteiger partial charge in [0.05, 0.1) is 11.2 Å². The quantitative estimate of drug-likeness (QED) is 0.686. The van der Waals surface area contributed by atoms with Gasteiger partial charge in [-0.15, -0.1) is 0 Å². The number of carbonyl (C=O) groups excluding carboxylic acids is 1. The van der Waals surface area contributed by atoms with E-state index in [1.54, 1.807) is 6.20 Å². The highest BCUT2D eigenvalue weighted by molar-refractivity contribution is 6.34. The first kappa shape index (κ1) is 22.6. The molecule has 7 nitrogen and oxygen atoms in total. The van der Waals surface area contributed by atoms with Crippen LogP contribution in [0.2, 0.25) is 5.02 Å². The van der Waals surface area contributed by atoms with Gasteiger partial charge in [-0.05, 0) is 64.9 Å². The lowest BCUT2D eigenvalue weighted by molar-refractivity contribution is 0.0462. The third-order valence-corrected chi connectivity index (χ3v) is 6.86. The molecule has 4 rings (SSSR count).